The number of carbonyl (C=O) groups is 1. The number of hydrogen-bond acceptors (Lipinski definition) is 6. The van der Waals surface area contributed by atoms with Crippen LogP contribution in [0.4, 0.5) is 0 Å². The minimum Gasteiger partial charge on any atom is -0.361 e. The van der Waals surface area contributed by atoms with Crippen LogP contribution in [0.25, 0.3) is 0 Å². The zero-order chi connectivity index (χ0) is 16.4. The van der Waals surface area contributed by atoms with Crippen LogP contribution in [0.2, 0.25) is 0 Å². The summed E-state index contributed by atoms with van der Waals surface area (Å²) < 4.78 is 6.92. The number of rotatable bonds is 4. The minimum atomic E-state index is -0.292. The molecule has 24 heavy (non-hydrogen) atoms. The summed E-state index contributed by atoms with van der Waals surface area (Å²) in [4.78, 5) is 16.5. The quantitative estimate of drug-likeness (QED) is 0.867. The Labute approximate surface area is 146 Å². The third kappa shape index (κ3) is 3.76. The minimum absolute atomic E-state index is 0. The van der Waals surface area contributed by atoms with E-state index in [2.05, 4.69) is 25.9 Å². The highest BCUT2D eigenvalue weighted by Gasteiger charge is 2.22. The lowest BCUT2D eigenvalue weighted by Crippen LogP contribution is -2.32. The molecular weight excluding hydrogens is 332 g/mol. The summed E-state index contributed by atoms with van der Waals surface area (Å²) >= 11 is 0. The van der Waals surface area contributed by atoms with E-state index < -0.39 is 0 Å². The van der Waals surface area contributed by atoms with Crippen molar-refractivity contribution < 1.29 is 9.32 Å². The molecule has 2 aromatic heterocycles. The Bertz CT molecular complexity index is 672. The lowest BCUT2D eigenvalue weighted by molar-refractivity contribution is 0.0928. The van der Waals surface area contributed by atoms with Gasteiger partial charge in [0.05, 0.1) is 17.8 Å². The Kier molecular flexibility index (Phi) is 5.95. The number of carbonyl (C=O) groups excluding carboxylic acids is 1. The van der Waals surface area contributed by atoms with Gasteiger partial charge < -0.3 is 15.2 Å². The Morgan fingerprint density at radius 1 is 1.50 bits per heavy atom. The van der Waals surface area contributed by atoms with Gasteiger partial charge in [-0.15, -0.1) is 17.5 Å². The molecule has 1 saturated heterocycles. The molecule has 0 spiro atoms. The second kappa shape index (κ2) is 7.76. The van der Waals surface area contributed by atoms with E-state index in [4.69, 9.17) is 4.52 Å². The van der Waals surface area contributed by atoms with Gasteiger partial charge in [-0.3, -0.25) is 4.79 Å². The molecule has 3 rings (SSSR count). The zero-order valence-electron chi connectivity index (χ0n) is 14.1. The highest BCUT2D eigenvalue weighted by atomic mass is 35.5. The fourth-order valence-corrected chi connectivity index (χ4v) is 3.06. The normalized spacial score (nSPS) is 18.7. The molecule has 1 aliphatic heterocycles. The summed E-state index contributed by atoms with van der Waals surface area (Å²) in [6.07, 6.45) is 3.79. The van der Waals surface area contributed by atoms with E-state index in [1.54, 1.807) is 11.0 Å². The lowest BCUT2D eigenvalue weighted by atomic mass is 10.1. The van der Waals surface area contributed by atoms with E-state index in [1.807, 2.05) is 20.8 Å². The maximum Gasteiger partial charge on any atom is 0.291 e. The van der Waals surface area contributed by atoms with E-state index in [-0.39, 0.29) is 36.2 Å². The molecule has 0 aromatic carbocycles. The van der Waals surface area contributed by atoms with Crippen molar-refractivity contribution in [2.75, 3.05) is 13.1 Å². The predicted molar refractivity (Wildman–Crippen MR) is 90.3 cm³/mol. The molecule has 8 nitrogen and oxygen atoms in total. The van der Waals surface area contributed by atoms with Crippen LogP contribution < -0.4 is 10.6 Å². The summed E-state index contributed by atoms with van der Waals surface area (Å²) in [6.45, 7) is 7.48. The van der Waals surface area contributed by atoms with Gasteiger partial charge >= 0.3 is 0 Å². The zero-order valence-corrected chi connectivity index (χ0v) is 14.9. The van der Waals surface area contributed by atoms with E-state index >= 15 is 0 Å². The van der Waals surface area contributed by atoms with Gasteiger partial charge in [-0.05, 0) is 40.2 Å². The fourth-order valence-electron chi connectivity index (χ4n) is 3.06. The molecule has 3 heterocycles. The molecule has 1 amide bonds. The van der Waals surface area contributed by atoms with Gasteiger partial charge in [-0.2, -0.15) is 0 Å². The van der Waals surface area contributed by atoms with E-state index in [0.29, 0.717) is 5.76 Å². The van der Waals surface area contributed by atoms with Crippen LogP contribution >= 0.6 is 12.4 Å². The molecular formula is C15H23ClN6O2. The maximum absolute atomic E-state index is 12.4. The van der Waals surface area contributed by atoms with Crippen LogP contribution in [-0.4, -0.2) is 38.9 Å². The van der Waals surface area contributed by atoms with Crippen molar-refractivity contribution in [3.63, 3.8) is 0 Å². The first-order chi connectivity index (χ1) is 11.1. The van der Waals surface area contributed by atoms with E-state index in [1.165, 1.54) is 0 Å². The Morgan fingerprint density at radius 3 is 2.92 bits per heavy atom. The SMILES string of the molecule is Cc1noc(C)c1C(C)NC(=O)c1ncn(C2CCCNC2)n1.Cl. The van der Waals surface area contributed by atoms with Crippen molar-refractivity contribution in [1.29, 1.82) is 0 Å². The molecule has 132 valence electrons. The second-order valence-corrected chi connectivity index (χ2v) is 5.98. The first-order valence-electron chi connectivity index (χ1n) is 7.91. The van der Waals surface area contributed by atoms with Crippen LogP contribution in [0, 0.1) is 13.8 Å². The number of nitrogens with one attached hydrogen (secondary N) is 2. The highest BCUT2D eigenvalue weighted by molar-refractivity contribution is 5.90. The molecule has 0 bridgehead atoms. The maximum atomic E-state index is 12.4. The molecule has 2 aromatic rings. The highest BCUT2D eigenvalue weighted by Crippen LogP contribution is 2.21. The molecule has 0 radical (unpaired) electrons. The molecule has 1 aliphatic rings. The monoisotopic (exact) mass is 354 g/mol. The molecule has 2 N–H and O–H groups in total. The molecule has 9 heteroatoms. The smallest absolute Gasteiger partial charge is 0.291 e. The molecule has 2 unspecified atom stereocenters. The first-order valence-corrected chi connectivity index (χ1v) is 7.91. The summed E-state index contributed by atoms with van der Waals surface area (Å²) in [5, 5.41) is 14.5. The van der Waals surface area contributed by atoms with Gasteiger partial charge in [0.15, 0.2) is 0 Å². The third-order valence-electron chi connectivity index (χ3n) is 4.23. The number of hydrogen-bond donors (Lipinski definition) is 2. The van der Waals surface area contributed by atoms with Gasteiger partial charge in [0, 0.05) is 12.1 Å². The summed E-state index contributed by atoms with van der Waals surface area (Å²) in [5.41, 5.74) is 1.68. The van der Waals surface area contributed by atoms with Crippen LogP contribution in [0.3, 0.4) is 0 Å². The van der Waals surface area contributed by atoms with Gasteiger partial charge in [0.25, 0.3) is 5.91 Å². The standard InChI is InChI=1S/C15H22N6O2.ClH/c1-9(13-10(2)20-23-11(13)3)18-15(22)14-17-8-21(19-14)12-5-4-6-16-7-12;/h8-9,12,16H,4-7H2,1-3H3,(H,18,22);1H. The fraction of sp³-hybridized carbons (Fsp3) is 0.600. The molecule has 0 saturated carbocycles. The van der Waals surface area contributed by atoms with Crippen molar-refractivity contribution in [1.82, 2.24) is 30.6 Å². The van der Waals surface area contributed by atoms with Crippen LogP contribution in [0.5, 0.6) is 0 Å². The van der Waals surface area contributed by atoms with E-state index in [9.17, 15) is 4.79 Å². The van der Waals surface area contributed by atoms with Gasteiger partial charge in [0.2, 0.25) is 5.82 Å². The Balaban J connectivity index is 0.00000208. The topological polar surface area (TPSA) is 97.9 Å². The number of nitrogens with zero attached hydrogens (tertiary/aromatic N) is 4. The van der Waals surface area contributed by atoms with Gasteiger partial charge in [-0.25, -0.2) is 9.67 Å². The average Bonchev–Trinajstić information content (AvgIpc) is 3.15. The first kappa shape index (κ1) is 18.4. The van der Waals surface area contributed by atoms with Crippen molar-refractivity contribution in [2.24, 2.45) is 0 Å². The summed E-state index contributed by atoms with van der Waals surface area (Å²) in [6, 6.07) is 0.0508. The van der Waals surface area contributed by atoms with Crippen LogP contribution in [0.1, 0.15) is 59.5 Å². The largest absolute Gasteiger partial charge is 0.361 e. The van der Waals surface area contributed by atoms with Crippen LogP contribution in [0.15, 0.2) is 10.9 Å². The Hall–Kier alpha value is -1.93. The number of amides is 1. The molecule has 1 fully saturated rings. The molecule has 0 aliphatic carbocycles. The van der Waals surface area contributed by atoms with Crippen molar-refractivity contribution in [2.45, 2.75) is 45.7 Å². The predicted octanol–water partition coefficient (Wildman–Crippen LogP) is 1.72. The van der Waals surface area contributed by atoms with Gasteiger partial charge in [-0.1, -0.05) is 5.16 Å². The van der Waals surface area contributed by atoms with Crippen molar-refractivity contribution >= 4 is 18.3 Å². The summed E-state index contributed by atoms with van der Waals surface area (Å²) in [5.74, 6) is 0.608. The number of aryl methyl sites for hydroxylation is 2. The second-order valence-electron chi connectivity index (χ2n) is 5.98. The average molecular weight is 355 g/mol. The Morgan fingerprint density at radius 2 is 2.29 bits per heavy atom. The third-order valence-corrected chi connectivity index (χ3v) is 4.23. The van der Waals surface area contributed by atoms with Crippen molar-refractivity contribution in [3.8, 4) is 0 Å². The van der Waals surface area contributed by atoms with E-state index in [0.717, 1.165) is 37.2 Å². The number of halogens is 1. The number of piperidine rings is 1. The number of aromatic nitrogens is 4. The molecule has 2 atom stereocenters. The lowest BCUT2D eigenvalue weighted by Gasteiger charge is -2.22. The van der Waals surface area contributed by atoms with Crippen molar-refractivity contribution in [3.05, 3.63) is 29.2 Å². The van der Waals surface area contributed by atoms with Crippen LogP contribution in [-0.2, 0) is 0 Å². The summed E-state index contributed by atoms with van der Waals surface area (Å²) in [7, 11) is 0. The van der Waals surface area contributed by atoms with Gasteiger partial charge in [0.1, 0.15) is 12.1 Å².